The van der Waals surface area contributed by atoms with Gasteiger partial charge >= 0.3 is 0 Å². The largest absolute Gasteiger partial charge is 0.386 e. The van der Waals surface area contributed by atoms with Crippen LogP contribution in [0.1, 0.15) is 50.8 Å². The van der Waals surface area contributed by atoms with Crippen molar-refractivity contribution in [3.05, 3.63) is 35.5 Å². The number of fused-ring (bicyclic) bond motifs is 1. The van der Waals surface area contributed by atoms with Crippen molar-refractivity contribution in [1.29, 1.82) is 0 Å². The fourth-order valence-corrected chi connectivity index (χ4v) is 2.96. The number of pyridine rings is 1. The summed E-state index contributed by atoms with van der Waals surface area (Å²) in [6.45, 7) is 6.16. The van der Waals surface area contributed by atoms with Crippen LogP contribution in [0.15, 0.2) is 18.3 Å². The van der Waals surface area contributed by atoms with Crippen LogP contribution >= 0.6 is 0 Å². The quantitative estimate of drug-likeness (QED) is 0.773. The number of aromatic nitrogens is 7. The van der Waals surface area contributed by atoms with Gasteiger partial charge in [0.15, 0.2) is 17.3 Å². The zero-order chi connectivity index (χ0) is 16.2. The molecule has 1 fully saturated rings. The molecule has 1 N–H and O–H groups in total. The second kappa shape index (κ2) is 4.58. The van der Waals surface area contributed by atoms with E-state index in [0.29, 0.717) is 18.0 Å². The van der Waals surface area contributed by atoms with Crippen LogP contribution in [0, 0.1) is 0 Å². The summed E-state index contributed by atoms with van der Waals surface area (Å²) in [4.78, 5) is 1.58. The summed E-state index contributed by atoms with van der Waals surface area (Å²) in [5.74, 6) is 1.51. The van der Waals surface area contributed by atoms with Crippen molar-refractivity contribution in [2.75, 3.05) is 0 Å². The predicted octanol–water partition coefficient (Wildman–Crippen LogP) is 1.04. The third-order valence-corrected chi connectivity index (χ3v) is 4.44. The van der Waals surface area contributed by atoms with Gasteiger partial charge in [-0.2, -0.15) is 4.80 Å². The minimum atomic E-state index is -0.979. The van der Waals surface area contributed by atoms with Gasteiger partial charge < -0.3 is 5.11 Å². The van der Waals surface area contributed by atoms with E-state index < -0.39 is 5.60 Å². The van der Waals surface area contributed by atoms with Crippen LogP contribution in [0.3, 0.4) is 0 Å². The van der Waals surface area contributed by atoms with Gasteiger partial charge in [0.1, 0.15) is 0 Å². The zero-order valence-corrected chi connectivity index (χ0v) is 13.4. The molecule has 3 aromatic rings. The van der Waals surface area contributed by atoms with Gasteiger partial charge in [-0.25, -0.2) is 0 Å². The molecule has 0 aliphatic heterocycles. The van der Waals surface area contributed by atoms with Gasteiger partial charge in [0.25, 0.3) is 0 Å². The molecule has 0 radical (unpaired) electrons. The van der Waals surface area contributed by atoms with E-state index in [-0.39, 0.29) is 5.41 Å². The Hall–Kier alpha value is -2.35. The molecule has 3 aromatic heterocycles. The van der Waals surface area contributed by atoms with Crippen molar-refractivity contribution in [3.8, 4) is 0 Å². The van der Waals surface area contributed by atoms with Crippen LogP contribution in [-0.4, -0.2) is 39.9 Å². The Bertz CT molecular complexity index is 869. The van der Waals surface area contributed by atoms with Gasteiger partial charge in [-0.15, -0.1) is 20.4 Å². The third-order valence-electron chi connectivity index (χ3n) is 4.44. The van der Waals surface area contributed by atoms with Crippen molar-refractivity contribution in [3.63, 3.8) is 0 Å². The minimum Gasteiger partial charge on any atom is -0.386 e. The molecule has 0 atom stereocenters. The van der Waals surface area contributed by atoms with Crippen molar-refractivity contribution >= 4 is 5.65 Å². The summed E-state index contributed by atoms with van der Waals surface area (Å²) < 4.78 is 1.94. The van der Waals surface area contributed by atoms with E-state index >= 15 is 0 Å². The molecule has 8 nitrogen and oxygen atoms in total. The Morgan fingerprint density at radius 1 is 1.26 bits per heavy atom. The lowest BCUT2D eigenvalue weighted by Gasteiger charge is -2.18. The summed E-state index contributed by atoms with van der Waals surface area (Å²) >= 11 is 0. The molecule has 0 saturated heterocycles. The number of aryl methyl sites for hydroxylation is 1. The Morgan fingerprint density at radius 2 is 2.04 bits per heavy atom. The minimum absolute atomic E-state index is 0.314. The number of hydrogen-bond acceptors (Lipinski definition) is 6. The van der Waals surface area contributed by atoms with E-state index in [4.69, 9.17) is 0 Å². The highest BCUT2D eigenvalue weighted by molar-refractivity contribution is 5.52. The van der Waals surface area contributed by atoms with Crippen molar-refractivity contribution in [1.82, 2.24) is 34.8 Å². The first-order valence-corrected chi connectivity index (χ1v) is 7.81. The van der Waals surface area contributed by atoms with Crippen LogP contribution in [0.25, 0.3) is 5.65 Å². The van der Waals surface area contributed by atoms with E-state index in [1.165, 1.54) is 0 Å². The van der Waals surface area contributed by atoms with Crippen LogP contribution in [0.5, 0.6) is 0 Å². The van der Waals surface area contributed by atoms with E-state index in [0.717, 1.165) is 24.2 Å². The summed E-state index contributed by atoms with van der Waals surface area (Å²) in [6, 6.07) is 3.78. The summed E-state index contributed by atoms with van der Waals surface area (Å²) in [6.07, 6.45) is 3.77. The van der Waals surface area contributed by atoms with Gasteiger partial charge in [0, 0.05) is 11.8 Å². The number of hydrogen-bond donors (Lipinski definition) is 1. The molecule has 0 aromatic carbocycles. The number of aliphatic hydroxyl groups is 1. The van der Waals surface area contributed by atoms with E-state index in [1.807, 2.05) is 29.7 Å². The average Bonchev–Trinajstić information content (AvgIpc) is 3.00. The lowest BCUT2D eigenvalue weighted by atomic mass is 9.99. The van der Waals surface area contributed by atoms with Crippen molar-refractivity contribution in [2.24, 2.45) is 0 Å². The molecule has 8 heteroatoms. The molecule has 120 valence electrons. The Morgan fingerprint density at radius 3 is 2.65 bits per heavy atom. The lowest BCUT2D eigenvalue weighted by Crippen LogP contribution is -2.19. The second-order valence-electron chi connectivity index (χ2n) is 6.58. The molecule has 0 amide bonds. The zero-order valence-electron chi connectivity index (χ0n) is 13.4. The van der Waals surface area contributed by atoms with Gasteiger partial charge in [0.05, 0.1) is 17.6 Å². The first-order valence-electron chi connectivity index (χ1n) is 7.81. The van der Waals surface area contributed by atoms with Crippen LogP contribution in [-0.2, 0) is 17.6 Å². The second-order valence-corrected chi connectivity index (χ2v) is 6.58. The Labute approximate surface area is 133 Å². The molecule has 23 heavy (non-hydrogen) atoms. The molecule has 0 unspecified atom stereocenters. The smallest absolute Gasteiger partial charge is 0.188 e. The highest BCUT2D eigenvalue weighted by Gasteiger charge is 2.53. The number of tetrazole rings is 1. The van der Waals surface area contributed by atoms with E-state index in [1.54, 1.807) is 18.6 Å². The molecule has 1 aliphatic carbocycles. The van der Waals surface area contributed by atoms with Gasteiger partial charge in [-0.1, -0.05) is 6.07 Å². The number of nitrogens with zero attached hydrogens (tertiary/aromatic N) is 7. The number of rotatable bonds is 4. The maximum atomic E-state index is 10.3. The maximum absolute atomic E-state index is 10.3. The monoisotopic (exact) mass is 313 g/mol. The average molecular weight is 313 g/mol. The van der Waals surface area contributed by atoms with E-state index in [2.05, 4.69) is 25.6 Å². The molecule has 4 rings (SSSR count). The molecular formula is C15H19N7O. The fourth-order valence-electron chi connectivity index (χ4n) is 2.96. The topological polar surface area (TPSA) is 94.0 Å². The van der Waals surface area contributed by atoms with Gasteiger partial charge in [-0.05, 0) is 44.9 Å². The fraction of sp³-hybridized carbons (Fsp3) is 0.533. The van der Waals surface area contributed by atoms with Crippen molar-refractivity contribution < 1.29 is 5.11 Å². The first-order chi connectivity index (χ1) is 11.0. The van der Waals surface area contributed by atoms with E-state index in [9.17, 15) is 5.11 Å². The predicted molar refractivity (Wildman–Crippen MR) is 81.7 cm³/mol. The standard InChI is InChI=1S/C15H19N7O/c1-4-22-19-12(17-20-22)15(7-8-15)13-18-16-11-10(14(2,3)23)6-5-9-21(11)13/h5-6,9,23H,4,7-8H2,1-3H3. The highest BCUT2D eigenvalue weighted by Crippen LogP contribution is 2.51. The molecule has 1 saturated carbocycles. The van der Waals surface area contributed by atoms with Crippen LogP contribution < -0.4 is 0 Å². The Balaban J connectivity index is 1.87. The summed E-state index contributed by atoms with van der Waals surface area (Å²) in [5.41, 5.74) is 0.127. The van der Waals surface area contributed by atoms with Crippen LogP contribution in [0.4, 0.5) is 0 Å². The third kappa shape index (κ3) is 2.05. The lowest BCUT2D eigenvalue weighted by molar-refractivity contribution is 0.0796. The maximum Gasteiger partial charge on any atom is 0.188 e. The van der Waals surface area contributed by atoms with Crippen molar-refractivity contribution in [2.45, 2.75) is 51.2 Å². The van der Waals surface area contributed by atoms with Gasteiger partial charge in [0.2, 0.25) is 0 Å². The highest BCUT2D eigenvalue weighted by atomic mass is 16.3. The normalized spacial score (nSPS) is 16.9. The first kappa shape index (κ1) is 14.3. The molecule has 3 heterocycles. The summed E-state index contributed by atoms with van der Waals surface area (Å²) in [7, 11) is 0. The Kier molecular flexibility index (Phi) is 2.84. The molecule has 0 spiro atoms. The van der Waals surface area contributed by atoms with Gasteiger partial charge in [-0.3, -0.25) is 4.40 Å². The molecule has 1 aliphatic rings. The van der Waals surface area contributed by atoms with Crippen LogP contribution in [0.2, 0.25) is 0 Å². The summed E-state index contributed by atoms with van der Waals surface area (Å²) in [5, 5.41) is 31.8. The molecular weight excluding hydrogens is 294 g/mol. The SMILES string of the molecule is CCn1nnc(C2(c3nnc4c(C(C)(C)O)cccn34)CC2)n1. The molecule has 0 bridgehead atoms.